The SMILES string of the molecule is C[C@]12Cc3cc(C(=O)C4CC4)oc3C[C@@H]1CC[C@@H]1[C@@H]2CC[C@]2(C)[C@@H](O)CC[C@@H]12. The average molecular weight is 383 g/mol. The molecule has 152 valence electrons. The average Bonchev–Trinajstić information content (AvgIpc) is 3.37. The van der Waals surface area contributed by atoms with Crippen molar-refractivity contribution in [2.75, 3.05) is 0 Å². The molecule has 0 aromatic carbocycles. The molecule has 1 aromatic heterocycles. The number of aliphatic hydroxyl groups excluding tert-OH is 1. The minimum Gasteiger partial charge on any atom is -0.458 e. The van der Waals surface area contributed by atoms with Crippen molar-refractivity contribution in [3.8, 4) is 0 Å². The van der Waals surface area contributed by atoms with Crippen LogP contribution in [-0.4, -0.2) is 17.0 Å². The zero-order valence-corrected chi connectivity index (χ0v) is 17.4. The Balaban J connectivity index is 1.31. The van der Waals surface area contributed by atoms with Crippen molar-refractivity contribution >= 4 is 5.78 Å². The Hall–Kier alpha value is -1.09. The number of Topliss-reactive ketones (excluding diaryl/α,β-unsaturated/α-hetero) is 1. The molecule has 0 radical (unpaired) electrons. The van der Waals surface area contributed by atoms with E-state index < -0.39 is 0 Å². The highest BCUT2D eigenvalue weighted by Gasteiger charge is 2.60. The molecule has 0 saturated heterocycles. The molecule has 1 heterocycles. The summed E-state index contributed by atoms with van der Waals surface area (Å²) in [6, 6.07) is 2.10. The number of aliphatic hydroxyl groups is 1. The molecule has 3 heteroatoms. The van der Waals surface area contributed by atoms with Crippen LogP contribution >= 0.6 is 0 Å². The second kappa shape index (κ2) is 5.74. The molecule has 7 atom stereocenters. The van der Waals surface area contributed by atoms with E-state index in [2.05, 4.69) is 19.9 Å². The fourth-order valence-corrected chi connectivity index (χ4v) is 8.21. The molecule has 5 aliphatic carbocycles. The topological polar surface area (TPSA) is 50.4 Å². The van der Waals surface area contributed by atoms with Gasteiger partial charge in [-0.15, -0.1) is 0 Å². The maximum atomic E-state index is 12.5. The number of ketones is 1. The summed E-state index contributed by atoms with van der Waals surface area (Å²) in [5.74, 6) is 5.17. The van der Waals surface area contributed by atoms with Gasteiger partial charge in [-0.3, -0.25) is 4.79 Å². The second-order valence-electron chi connectivity index (χ2n) is 11.4. The quantitative estimate of drug-likeness (QED) is 0.716. The van der Waals surface area contributed by atoms with Gasteiger partial charge >= 0.3 is 0 Å². The van der Waals surface area contributed by atoms with Crippen LogP contribution in [0.2, 0.25) is 0 Å². The van der Waals surface area contributed by atoms with Gasteiger partial charge in [0.1, 0.15) is 5.76 Å². The van der Waals surface area contributed by atoms with Crippen LogP contribution in [0.5, 0.6) is 0 Å². The zero-order chi connectivity index (χ0) is 19.3. The van der Waals surface area contributed by atoms with Gasteiger partial charge in [-0.05, 0) is 104 Å². The van der Waals surface area contributed by atoms with E-state index in [4.69, 9.17) is 4.42 Å². The van der Waals surface area contributed by atoms with Crippen LogP contribution < -0.4 is 0 Å². The minimum atomic E-state index is -0.0909. The lowest BCUT2D eigenvalue weighted by Crippen LogP contribution is -2.54. The summed E-state index contributed by atoms with van der Waals surface area (Å²) >= 11 is 0. The molecular formula is C25H34O3. The molecule has 0 aliphatic heterocycles. The number of carbonyl (C=O) groups excluding carboxylic acids is 1. The van der Waals surface area contributed by atoms with E-state index in [1.54, 1.807) is 0 Å². The predicted molar refractivity (Wildman–Crippen MR) is 107 cm³/mol. The van der Waals surface area contributed by atoms with Gasteiger partial charge < -0.3 is 9.52 Å². The highest BCUT2D eigenvalue weighted by atomic mass is 16.3. The monoisotopic (exact) mass is 382 g/mol. The zero-order valence-electron chi connectivity index (χ0n) is 17.4. The van der Waals surface area contributed by atoms with E-state index in [-0.39, 0.29) is 23.2 Å². The maximum absolute atomic E-state index is 12.5. The highest BCUT2D eigenvalue weighted by Crippen LogP contribution is 2.65. The first-order valence-electron chi connectivity index (χ1n) is 11.7. The summed E-state index contributed by atoms with van der Waals surface area (Å²) in [7, 11) is 0. The summed E-state index contributed by atoms with van der Waals surface area (Å²) in [6.45, 7) is 4.91. The molecule has 5 aliphatic rings. The van der Waals surface area contributed by atoms with Crippen LogP contribution in [0, 0.1) is 40.4 Å². The van der Waals surface area contributed by atoms with Crippen molar-refractivity contribution in [2.24, 2.45) is 40.4 Å². The Morgan fingerprint density at radius 3 is 2.61 bits per heavy atom. The molecule has 0 unspecified atom stereocenters. The van der Waals surface area contributed by atoms with Crippen LogP contribution in [0.3, 0.4) is 0 Å². The van der Waals surface area contributed by atoms with E-state index in [1.807, 2.05) is 0 Å². The minimum absolute atomic E-state index is 0.0909. The van der Waals surface area contributed by atoms with Gasteiger partial charge in [-0.25, -0.2) is 0 Å². The molecule has 28 heavy (non-hydrogen) atoms. The molecule has 1 N–H and O–H groups in total. The van der Waals surface area contributed by atoms with Crippen LogP contribution in [0.1, 0.15) is 87.1 Å². The normalized spacial score (nSPS) is 47.0. The molecule has 3 nitrogen and oxygen atoms in total. The number of carbonyl (C=O) groups is 1. The van der Waals surface area contributed by atoms with Gasteiger partial charge in [0.05, 0.1) is 6.10 Å². The Bertz CT molecular complexity index is 820. The van der Waals surface area contributed by atoms with Crippen LogP contribution in [-0.2, 0) is 12.8 Å². The second-order valence-corrected chi connectivity index (χ2v) is 11.4. The molecule has 4 fully saturated rings. The van der Waals surface area contributed by atoms with E-state index in [0.29, 0.717) is 23.0 Å². The number of fused-ring (bicyclic) bond motifs is 6. The van der Waals surface area contributed by atoms with Gasteiger partial charge in [0.15, 0.2) is 5.76 Å². The highest BCUT2D eigenvalue weighted by molar-refractivity contribution is 5.97. The number of hydrogen-bond acceptors (Lipinski definition) is 3. The van der Waals surface area contributed by atoms with E-state index >= 15 is 0 Å². The number of furan rings is 1. The first-order valence-corrected chi connectivity index (χ1v) is 11.7. The summed E-state index contributed by atoms with van der Waals surface area (Å²) in [4.78, 5) is 12.5. The Labute approximate surface area is 168 Å². The van der Waals surface area contributed by atoms with Gasteiger partial charge in [0, 0.05) is 12.3 Å². The maximum Gasteiger partial charge on any atom is 0.201 e. The van der Waals surface area contributed by atoms with Gasteiger partial charge in [0.2, 0.25) is 5.78 Å². The third-order valence-corrected chi connectivity index (χ3v) is 10.1. The van der Waals surface area contributed by atoms with Crippen LogP contribution in [0.25, 0.3) is 0 Å². The van der Waals surface area contributed by atoms with Crippen LogP contribution in [0.4, 0.5) is 0 Å². The summed E-state index contributed by atoms with van der Waals surface area (Å²) in [5, 5.41) is 10.7. The third kappa shape index (κ3) is 2.29. The van der Waals surface area contributed by atoms with Gasteiger partial charge in [0.25, 0.3) is 0 Å². The molecule has 0 amide bonds. The molecule has 4 saturated carbocycles. The molecule has 6 rings (SSSR count). The lowest BCUT2D eigenvalue weighted by molar-refractivity contribution is -0.112. The largest absolute Gasteiger partial charge is 0.458 e. The summed E-state index contributed by atoms with van der Waals surface area (Å²) in [5.41, 5.74) is 1.81. The predicted octanol–water partition coefficient (Wildman–Crippen LogP) is 5.19. The molecule has 0 bridgehead atoms. The van der Waals surface area contributed by atoms with Crippen molar-refractivity contribution in [1.29, 1.82) is 0 Å². The van der Waals surface area contributed by atoms with Gasteiger partial charge in [-0.1, -0.05) is 13.8 Å². The Morgan fingerprint density at radius 2 is 1.82 bits per heavy atom. The van der Waals surface area contributed by atoms with Crippen molar-refractivity contribution in [1.82, 2.24) is 0 Å². The molecule has 0 spiro atoms. The van der Waals surface area contributed by atoms with Crippen molar-refractivity contribution < 1.29 is 14.3 Å². The Kier molecular flexibility index (Phi) is 3.64. The van der Waals surface area contributed by atoms with E-state index in [0.717, 1.165) is 49.7 Å². The lowest BCUT2D eigenvalue weighted by atomic mass is 9.45. The standard InChI is InChI=1S/C25H34O3/c1-24-10-9-19-17(18(24)7-8-22(24)26)6-5-16-12-20-15(13-25(16,19)2)11-21(28-20)23(27)14-3-4-14/h11,14,16-19,22,26H,3-10,12-13H2,1-2H3/t16-,17-,18-,19-,22-,24-,25-/m0/s1. The Morgan fingerprint density at radius 1 is 1.04 bits per heavy atom. The van der Waals surface area contributed by atoms with Gasteiger partial charge in [-0.2, -0.15) is 0 Å². The van der Waals surface area contributed by atoms with Crippen molar-refractivity contribution in [2.45, 2.75) is 84.2 Å². The van der Waals surface area contributed by atoms with E-state index in [9.17, 15) is 9.90 Å². The number of rotatable bonds is 2. The van der Waals surface area contributed by atoms with Crippen LogP contribution in [0.15, 0.2) is 10.5 Å². The fraction of sp³-hybridized carbons (Fsp3) is 0.800. The summed E-state index contributed by atoms with van der Waals surface area (Å²) < 4.78 is 6.12. The fourth-order valence-electron chi connectivity index (χ4n) is 8.21. The smallest absolute Gasteiger partial charge is 0.201 e. The molecule has 1 aromatic rings. The lowest BCUT2D eigenvalue weighted by Gasteiger charge is -2.59. The van der Waals surface area contributed by atoms with Crippen molar-refractivity contribution in [3.05, 3.63) is 23.2 Å². The first-order chi connectivity index (χ1) is 13.4. The van der Waals surface area contributed by atoms with E-state index in [1.165, 1.54) is 37.7 Å². The third-order valence-electron chi connectivity index (χ3n) is 10.1. The van der Waals surface area contributed by atoms with Crippen molar-refractivity contribution in [3.63, 3.8) is 0 Å². The number of hydrogen-bond donors (Lipinski definition) is 1. The summed E-state index contributed by atoms with van der Waals surface area (Å²) in [6.07, 6.45) is 11.4. The first kappa shape index (κ1) is 17.7. The molecular weight excluding hydrogens is 348 g/mol.